The first-order valence-corrected chi connectivity index (χ1v) is 6.86. The highest BCUT2D eigenvalue weighted by atomic mass is 32.2. The monoisotopic (exact) mass is 199 g/mol. The number of rotatable bonds is 5. The minimum Gasteiger partial charge on any atom is -0.313 e. The van der Waals surface area contributed by atoms with Crippen LogP contribution in [0, 0.1) is 11.8 Å². The Bertz CT molecular complexity index is 150. The summed E-state index contributed by atoms with van der Waals surface area (Å²) in [7, 11) is 0. The van der Waals surface area contributed by atoms with E-state index in [4.69, 9.17) is 0 Å². The smallest absolute Gasteiger partial charge is 0.00928 e. The molecule has 0 aromatic heterocycles. The SMILES string of the molecule is CCC(NCC1CCSC1)C1CC1. The van der Waals surface area contributed by atoms with Gasteiger partial charge in [0.05, 0.1) is 0 Å². The lowest BCUT2D eigenvalue weighted by molar-refractivity contribution is 0.409. The number of nitrogens with one attached hydrogen (secondary N) is 1. The van der Waals surface area contributed by atoms with Crippen molar-refractivity contribution < 1.29 is 0 Å². The molecule has 2 atom stereocenters. The zero-order valence-electron chi connectivity index (χ0n) is 8.59. The van der Waals surface area contributed by atoms with Crippen LogP contribution < -0.4 is 5.32 Å². The summed E-state index contributed by atoms with van der Waals surface area (Å²) in [5.41, 5.74) is 0. The van der Waals surface area contributed by atoms with E-state index >= 15 is 0 Å². The molecule has 76 valence electrons. The van der Waals surface area contributed by atoms with Crippen LogP contribution >= 0.6 is 11.8 Å². The van der Waals surface area contributed by atoms with Gasteiger partial charge in [0, 0.05) is 6.04 Å². The maximum Gasteiger partial charge on any atom is 0.00928 e. The highest BCUT2D eigenvalue weighted by molar-refractivity contribution is 7.99. The van der Waals surface area contributed by atoms with E-state index in [9.17, 15) is 0 Å². The number of hydrogen-bond acceptors (Lipinski definition) is 2. The Morgan fingerprint density at radius 3 is 2.77 bits per heavy atom. The summed E-state index contributed by atoms with van der Waals surface area (Å²) in [6.45, 7) is 3.60. The molecule has 1 aliphatic heterocycles. The molecule has 1 nitrogen and oxygen atoms in total. The van der Waals surface area contributed by atoms with Gasteiger partial charge in [0.2, 0.25) is 0 Å². The third-order valence-electron chi connectivity index (χ3n) is 3.32. The van der Waals surface area contributed by atoms with Gasteiger partial charge in [0.1, 0.15) is 0 Å². The third kappa shape index (κ3) is 2.88. The van der Waals surface area contributed by atoms with E-state index in [2.05, 4.69) is 24.0 Å². The third-order valence-corrected chi connectivity index (χ3v) is 4.56. The Labute approximate surface area is 86.0 Å². The molecule has 0 spiro atoms. The molecule has 0 radical (unpaired) electrons. The molecule has 0 bridgehead atoms. The van der Waals surface area contributed by atoms with E-state index < -0.39 is 0 Å². The van der Waals surface area contributed by atoms with Crippen molar-refractivity contribution in [3.8, 4) is 0 Å². The standard InChI is InChI=1S/C11H21NS/c1-2-11(10-3-4-10)12-7-9-5-6-13-8-9/h9-12H,2-8H2,1H3. The van der Waals surface area contributed by atoms with Crippen LogP contribution in [0.25, 0.3) is 0 Å². The predicted octanol–water partition coefficient (Wildman–Crippen LogP) is 2.52. The summed E-state index contributed by atoms with van der Waals surface area (Å²) in [5.74, 6) is 4.79. The van der Waals surface area contributed by atoms with Crippen LogP contribution in [0.15, 0.2) is 0 Å². The average molecular weight is 199 g/mol. The van der Waals surface area contributed by atoms with Gasteiger partial charge >= 0.3 is 0 Å². The quantitative estimate of drug-likeness (QED) is 0.730. The van der Waals surface area contributed by atoms with Crippen molar-refractivity contribution in [1.82, 2.24) is 5.32 Å². The Balaban J connectivity index is 1.64. The fourth-order valence-corrected chi connectivity index (χ4v) is 3.49. The van der Waals surface area contributed by atoms with E-state index in [-0.39, 0.29) is 0 Å². The van der Waals surface area contributed by atoms with Gasteiger partial charge in [0.15, 0.2) is 0 Å². The highest BCUT2D eigenvalue weighted by Gasteiger charge is 2.30. The molecule has 0 amide bonds. The van der Waals surface area contributed by atoms with E-state index in [1.807, 2.05) is 0 Å². The molecular weight excluding hydrogens is 178 g/mol. The van der Waals surface area contributed by atoms with Crippen LogP contribution in [0.2, 0.25) is 0 Å². The Morgan fingerprint density at radius 1 is 1.38 bits per heavy atom. The molecule has 2 unspecified atom stereocenters. The molecule has 1 heterocycles. The molecule has 0 aromatic rings. The first kappa shape index (κ1) is 9.85. The fourth-order valence-electron chi connectivity index (χ4n) is 2.21. The van der Waals surface area contributed by atoms with Gasteiger partial charge < -0.3 is 5.32 Å². The zero-order valence-corrected chi connectivity index (χ0v) is 9.41. The van der Waals surface area contributed by atoms with Crippen molar-refractivity contribution in [3.05, 3.63) is 0 Å². The number of hydrogen-bond donors (Lipinski definition) is 1. The van der Waals surface area contributed by atoms with Gasteiger partial charge in [-0.05, 0) is 55.6 Å². The highest BCUT2D eigenvalue weighted by Crippen LogP contribution is 2.34. The Morgan fingerprint density at radius 2 is 2.23 bits per heavy atom. The van der Waals surface area contributed by atoms with Crippen molar-refractivity contribution in [2.45, 2.75) is 38.6 Å². The molecule has 1 saturated carbocycles. The molecule has 2 heteroatoms. The lowest BCUT2D eigenvalue weighted by atomic mass is 10.1. The van der Waals surface area contributed by atoms with Crippen LogP contribution in [-0.2, 0) is 0 Å². The van der Waals surface area contributed by atoms with Crippen molar-refractivity contribution in [3.63, 3.8) is 0 Å². The molecule has 1 aliphatic carbocycles. The minimum absolute atomic E-state index is 0.839. The van der Waals surface area contributed by atoms with E-state index in [0.29, 0.717) is 0 Å². The van der Waals surface area contributed by atoms with Crippen LogP contribution in [-0.4, -0.2) is 24.1 Å². The maximum atomic E-state index is 3.76. The molecule has 1 N–H and O–H groups in total. The minimum atomic E-state index is 0.839. The van der Waals surface area contributed by atoms with Gasteiger partial charge in [-0.1, -0.05) is 6.92 Å². The van der Waals surface area contributed by atoms with Gasteiger partial charge in [-0.3, -0.25) is 0 Å². The zero-order chi connectivity index (χ0) is 9.10. The van der Waals surface area contributed by atoms with Gasteiger partial charge in [-0.15, -0.1) is 0 Å². The second-order valence-corrected chi connectivity index (χ2v) is 5.64. The van der Waals surface area contributed by atoms with Crippen LogP contribution in [0.5, 0.6) is 0 Å². The average Bonchev–Trinajstić information content (AvgIpc) is 2.84. The molecule has 2 rings (SSSR count). The van der Waals surface area contributed by atoms with Gasteiger partial charge in [-0.25, -0.2) is 0 Å². The van der Waals surface area contributed by atoms with E-state index in [1.54, 1.807) is 0 Å². The molecule has 13 heavy (non-hydrogen) atoms. The first-order valence-electron chi connectivity index (χ1n) is 5.71. The molecule has 2 aliphatic rings. The van der Waals surface area contributed by atoms with E-state index in [1.165, 1.54) is 43.7 Å². The second kappa shape index (κ2) is 4.70. The predicted molar refractivity (Wildman–Crippen MR) is 60.2 cm³/mol. The Kier molecular flexibility index (Phi) is 3.56. The van der Waals surface area contributed by atoms with Crippen molar-refractivity contribution in [2.24, 2.45) is 11.8 Å². The van der Waals surface area contributed by atoms with Crippen molar-refractivity contribution in [2.75, 3.05) is 18.1 Å². The summed E-state index contributed by atoms with van der Waals surface area (Å²) in [6, 6.07) is 0.839. The van der Waals surface area contributed by atoms with Crippen molar-refractivity contribution >= 4 is 11.8 Å². The number of thioether (sulfide) groups is 1. The lowest BCUT2D eigenvalue weighted by Gasteiger charge is -2.18. The fraction of sp³-hybridized carbons (Fsp3) is 1.00. The topological polar surface area (TPSA) is 12.0 Å². The van der Waals surface area contributed by atoms with Crippen molar-refractivity contribution in [1.29, 1.82) is 0 Å². The maximum absolute atomic E-state index is 3.76. The summed E-state index contributed by atoms with van der Waals surface area (Å²) in [5, 5.41) is 3.76. The lowest BCUT2D eigenvalue weighted by Crippen LogP contribution is -2.34. The largest absolute Gasteiger partial charge is 0.313 e. The normalized spacial score (nSPS) is 30.7. The van der Waals surface area contributed by atoms with Gasteiger partial charge in [-0.2, -0.15) is 11.8 Å². The molecule has 1 saturated heterocycles. The summed E-state index contributed by atoms with van der Waals surface area (Å²) in [6.07, 6.45) is 5.72. The first-order chi connectivity index (χ1) is 6.40. The van der Waals surface area contributed by atoms with Crippen LogP contribution in [0.4, 0.5) is 0 Å². The Hall–Kier alpha value is 0.310. The van der Waals surface area contributed by atoms with E-state index in [0.717, 1.165) is 17.9 Å². The second-order valence-electron chi connectivity index (χ2n) is 4.49. The summed E-state index contributed by atoms with van der Waals surface area (Å²) in [4.78, 5) is 0. The van der Waals surface area contributed by atoms with Gasteiger partial charge in [0.25, 0.3) is 0 Å². The molecule has 0 aromatic carbocycles. The molecular formula is C11H21NS. The van der Waals surface area contributed by atoms with Crippen LogP contribution in [0.1, 0.15) is 32.6 Å². The summed E-state index contributed by atoms with van der Waals surface area (Å²) >= 11 is 2.13. The molecule has 2 fully saturated rings. The summed E-state index contributed by atoms with van der Waals surface area (Å²) < 4.78 is 0. The van der Waals surface area contributed by atoms with Crippen LogP contribution in [0.3, 0.4) is 0 Å².